The molecule has 0 saturated heterocycles. The van der Waals surface area contributed by atoms with Crippen LogP contribution < -0.4 is 5.32 Å². The van der Waals surface area contributed by atoms with Gasteiger partial charge in [0.05, 0.1) is 18.6 Å². The molecule has 0 aliphatic heterocycles. The molecule has 0 spiro atoms. The van der Waals surface area contributed by atoms with Crippen LogP contribution in [-0.2, 0) is 6.54 Å². The fraction of sp³-hybridized carbons (Fsp3) is 0.400. The van der Waals surface area contributed by atoms with Crippen molar-refractivity contribution in [3.63, 3.8) is 0 Å². The first-order valence-electron chi connectivity index (χ1n) is 6.56. The van der Waals surface area contributed by atoms with E-state index >= 15 is 0 Å². The van der Waals surface area contributed by atoms with Gasteiger partial charge in [-0.25, -0.2) is 4.98 Å². The maximum absolute atomic E-state index is 4.25. The van der Waals surface area contributed by atoms with Crippen molar-refractivity contribution in [2.24, 2.45) is 0 Å². The van der Waals surface area contributed by atoms with Gasteiger partial charge in [-0.1, -0.05) is 6.07 Å². The molecule has 1 aliphatic rings. The lowest BCUT2D eigenvalue weighted by molar-refractivity contribution is 0.701. The van der Waals surface area contributed by atoms with Gasteiger partial charge < -0.3 is 9.88 Å². The smallest absolute Gasteiger partial charge is 0.0951 e. The number of aryl methyl sites for hydroxylation is 2. The van der Waals surface area contributed by atoms with Crippen LogP contribution in [-0.4, -0.2) is 9.55 Å². The van der Waals surface area contributed by atoms with Gasteiger partial charge >= 0.3 is 0 Å². The minimum Gasteiger partial charge on any atom is -0.379 e. The maximum Gasteiger partial charge on any atom is 0.0951 e. The summed E-state index contributed by atoms with van der Waals surface area (Å²) < 4.78 is 2.30. The van der Waals surface area contributed by atoms with Gasteiger partial charge in [-0.3, -0.25) is 0 Å². The lowest BCUT2D eigenvalue weighted by Gasteiger charge is -2.10. The highest BCUT2D eigenvalue weighted by atomic mass is 15.1. The van der Waals surface area contributed by atoms with Crippen molar-refractivity contribution >= 4 is 5.69 Å². The zero-order valence-electron chi connectivity index (χ0n) is 11.0. The molecule has 18 heavy (non-hydrogen) atoms. The molecule has 94 valence electrons. The molecule has 0 atom stereocenters. The second-order valence-corrected chi connectivity index (χ2v) is 5.18. The summed E-state index contributed by atoms with van der Waals surface area (Å²) in [6, 6.07) is 7.20. The molecule has 3 nitrogen and oxygen atoms in total. The molecule has 1 aromatic carbocycles. The summed E-state index contributed by atoms with van der Waals surface area (Å²) in [6.45, 7) is 5.13. The largest absolute Gasteiger partial charge is 0.379 e. The van der Waals surface area contributed by atoms with Crippen molar-refractivity contribution in [2.45, 2.75) is 39.3 Å². The Balaban J connectivity index is 1.69. The molecule has 0 unspecified atom stereocenters. The lowest BCUT2D eigenvalue weighted by atomic mass is 10.1. The lowest BCUT2D eigenvalue weighted by Crippen LogP contribution is -2.06. The number of anilines is 1. The first-order valence-corrected chi connectivity index (χ1v) is 6.56. The van der Waals surface area contributed by atoms with E-state index < -0.39 is 0 Å². The monoisotopic (exact) mass is 241 g/mol. The van der Waals surface area contributed by atoms with Crippen LogP contribution in [0.1, 0.15) is 35.7 Å². The van der Waals surface area contributed by atoms with E-state index in [0.717, 1.165) is 6.54 Å². The number of aromatic nitrogens is 2. The quantitative estimate of drug-likeness (QED) is 0.888. The molecule has 1 aliphatic carbocycles. The average molecular weight is 241 g/mol. The van der Waals surface area contributed by atoms with Crippen LogP contribution in [0.2, 0.25) is 0 Å². The molecular formula is C15H19N3. The highest BCUT2D eigenvalue weighted by Crippen LogP contribution is 2.35. The minimum absolute atomic E-state index is 0.698. The summed E-state index contributed by atoms with van der Waals surface area (Å²) in [5, 5.41) is 3.48. The second-order valence-electron chi connectivity index (χ2n) is 5.18. The van der Waals surface area contributed by atoms with Gasteiger partial charge in [0.1, 0.15) is 0 Å². The van der Waals surface area contributed by atoms with Crippen LogP contribution in [0.3, 0.4) is 0 Å². The zero-order valence-corrected chi connectivity index (χ0v) is 11.0. The van der Waals surface area contributed by atoms with E-state index in [1.807, 2.05) is 12.5 Å². The number of hydrogen-bond donors (Lipinski definition) is 1. The van der Waals surface area contributed by atoms with Crippen LogP contribution >= 0.6 is 0 Å². The van der Waals surface area contributed by atoms with E-state index in [-0.39, 0.29) is 0 Å². The van der Waals surface area contributed by atoms with E-state index in [2.05, 4.69) is 46.9 Å². The zero-order chi connectivity index (χ0) is 12.5. The Morgan fingerprint density at radius 2 is 2.11 bits per heavy atom. The fourth-order valence-corrected chi connectivity index (χ4v) is 2.19. The Bertz CT molecular complexity index is 553. The van der Waals surface area contributed by atoms with Gasteiger partial charge in [0, 0.05) is 17.9 Å². The number of hydrogen-bond acceptors (Lipinski definition) is 2. The molecule has 2 aromatic rings. The standard InChI is InChI=1S/C15H19N3/c1-11-3-4-13(7-12(11)2)17-9-15-8-16-10-18(15)14-5-6-14/h3-4,7-8,10,14,17H,5-6,9H2,1-2H3. The molecule has 1 heterocycles. The second kappa shape index (κ2) is 4.48. The SMILES string of the molecule is Cc1ccc(NCc2cncn2C2CC2)cc1C. The Kier molecular flexibility index (Phi) is 2.82. The van der Waals surface area contributed by atoms with E-state index in [9.17, 15) is 0 Å². The third-order valence-electron chi connectivity index (χ3n) is 3.67. The summed E-state index contributed by atoms with van der Waals surface area (Å²) in [7, 11) is 0. The van der Waals surface area contributed by atoms with Crippen LogP contribution in [0.5, 0.6) is 0 Å². The van der Waals surface area contributed by atoms with E-state index in [1.54, 1.807) is 0 Å². The summed E-state index contributed by atoms with van der Waals surface area (Å²) in [6.07, 6.45) is 6.52. The molecule has 3 rings (SSSR count). The Morgan fingerprint density at radius 3 is 2.83 bits per heavy atom. The topological polar surface area (TPSA) is 29.9 Å². The summed E-state index contributed by atoms with van der Waals surface area (Å²) in [5.74, 6) is 0. The summed E-state index contributed by atoms with van der Waals surface area (Å²) in [5.41, 5.74) is 5.12. The third kappa shape index (κ3) is 2.26. The highest BCUT2D eigenvalue weighted by molar-refractivity contribution is 5.48. The van der Waals surface area contributed by atoms with E-state index in [0.29, 0.717) is 6.04 Å². The molecular weight excluding hydrogens is 222 g/mol. The van der Waals surface area contributed by atoms with Gasteiger partial charge in [-0.05, 0) is 49.9 Å². The Hall–Kier alpha value is -1.77. The highest BCUT2D eigenvalue weighted by Gasteiger charge is 2.24. The molecule has 3 heteroatoms. The predicted octanol–water partition coefficient (Wildman–Crippen LogP) is 3.45. The molecule has 1 saturated carbocycles. The molecule has 1 aromatic heterocycles. The first-order chi connectivity index (χ1) is 8.74. The van der Waals surface area contributed by atoms with Crippen molar-refractivity contribution in [1.82, 2.24) is 9.55 Å². The van der Waals surface area contributed by atoms with Gasteiger partial charge in [0.25, 0.3) is 0 Å². The predicted molar refractivity (Wildman–Crippen MR) is 73.7 cm³/mol. The van der Waals surface area contributed by atoms with Gasteiger partial charge in [-0.15, -0.1) is 0 Å². The molecule has 0 amide bonds. The van der Waals surface area contributed by atoms with Crippen molar-refractivity contribution in [1.29, 1.82) is 0 Å². The normalized spacial score (nSPS) is 14.8. The first kappa shape index (κ1) is 11.3. The molecule has 1 N–H and O–H groups in total. The maximum atomic E-state index is 4.25. The molecule has 0 radical (unpaired) electrons. The number of imidazole rings is 1. The van der Waals surface area contributed by atoms with Crippen LogP contribution in [0.25, 0.3) is 0 Å². The van der Waals surface area contributed by atoms with Gasteiger partial charge in [-0.2, -0.15) is 0 Å². The van der Waals surface area contributed by atoms with Crippen molar-refractivity contribution < 1.29 is 0 Å². The summed E-state index contributed by atoms with van der Waals surface area (Å²) in [4.78, 5) is 4.25. The van der Waals surface area contributed by atoms with E-state index in [4.69, 9.17) is 0 Å². The van der Waals surface area contributed by atoms with Crippen molar-refractivity contribution in [3.8, 4) is 0 Å². The van der Waals surface area contributed by atoms with Crippen molar-refractivity contribution in [2.75, 3.05) is 5.32 Å². The Labute approximate surface area is 108 Å². The van der Waals surface area contributed by atoms with Crippen molar-refractivity contribution in [3.05, 3.63) is 47.5 Å². The van der Waals surface area contributed by atoms with Crippen LogP contribution in [0.4, 0.5) is 5.69 Å². The van der Waals surface area contributed by atoms with E-state index in [1.165, 1.54) is 35.3 Å². The number of nitrogens with zero attached hydrogens (tertiary/aromatic N) is 2. The average Bonchev–Trinajstić information content (AvgIpc) is 3.10. The third-order valence-corrected chi connectivity index (χ3v) is 3.67. The fourth-order valence-electron chi connectivity index (χ4n) is 2.19. The van der Waals surface area contributed by atoms with Crippen LogP contribution in [0, 0.1) is 13.8 Å². The van der Waals surface area contributed by atoms with Gasteiger partial charge in [0.2, 0.25) is 0 Å². The molecule has 0 bridgehead atoms. The summed E-state index contributed by atoms with van der Waals surface area (Å²) >= 11 is 0. The minimum atomic E-state index is 0.698. The number of benzene rings is 1. The molecule has 1 fully saturated rings. The number of rotatable bonds is 4. The number of nitrogens with one attached hydrogen (secondary N) is 1. The Morgan fingerprint density at radius 1 is 1.28 bits per heavy atom. The van der Waals surface area contributed by atoms with Gasteiger partial charge in [0.15, 0.2) is 0 Å². The van der Waals surface area contributed by atoms with Crippen LogP contribution in [0.15, 0.2) is 30.7 Å².